The minimum absolute atomic E-state index is 0.262. The summed E-state index contributed by atoms with van der Waals surface area (Å²) in [6.07, 6.45) is 6.45. The Hall–Kier alpha value is -0.830. The maximum Gasteiger partial charge on any atom is 0.331 e. The first kappa shape index (κ1) is 14.2. The highest BCUT2D eigenvalue weighted by molar-refractivity contribution is 5.86. The number of aliphatic hydroxyl groups is 1. The molecule has 0 radical (unpaired) electrons. The van der Waals surface area contributed by atoms with Gasteiger partial charge in [-0.25, -0.2) is 4.79 Å². The monoisotopic (exact) mass is 214 g/mol. The number of aliphatic carboxylic acids is 1. The second-order valence-corrected chi connectivity index (χ2v) is 3.83. The fourth-order valence-corrected chi connectivity index (χ4v) is 1.49. The minimum atomic E-state index is -0.926. The summed E-state index contributed by atoms with van der Waals surface area (Å²) in [5.41, 5.74) is 0.304. The van der Waals surface area contributed by atoms with Crippen LogP contribution in [0.25, 0.3) is 0 Å². The number of hydrogen-bond donors (Lipinski definition) is 2. The fourth-order valence-electron chi connectivity index (χ4n) is 1.49. The van der Waals surface area contributed by atoms with Crippen LogP contribution in [0.4, 0.5) is 0 Å². The lowest BCUT2D eigenvalue weighted by Gasteiger charge is -2.10. The van der Waals surface area contributed by atoms with Gasteiger partial charge in [-0.05, 0) is 13.3 Å². The van der Waals surface area contributed by atoms with Gasteiger partial charge in [-0.2, -0.15) is 0 Å². The summed E-state index contributed by atoms with van der Waals surface area (Å²) >= 11 is 0. The third kappa shape index (κ3) is 7.14. The molecule has 1 atom stereocenters. The first-order valence-electron chi connectivity index (χ1n) is 5.68. The zero-order valence-electron chi connectivity index (χ0n) is 9.70. The molecule has 0 spiro atoms. The van der Waals surface area contributed by atoms with Crippen LogP contribution in [0.5, 0.6) is 0 Å². The van der Waals surface area contributed by atoms with E-state index in [0.717, 1.165) is 12.8 Å². The molecule has 0 aromatic carbocycles. The highest BCUT2D eigenvalue weighted by atomic mass is 16.4. The summed E-state index contributed by atoms with van der Waals surface area (Å²) in [7, 11) is 0. The Balaban J connectivity index is 3.72. The van der Waals surface area contributed by atoms with Crippen molar-refractivity contribution in [2.75, 3.05) is 0 Å². The molecular formula is C12H22O3. The van der Waals surface area contributed by atoms with Crippen LogP contribution in [-0.4, -0.2) is 22.3 Å². The van der Waals surface area contributed by atoms with Gasteiger partial charge >= 0.3 is 5.97 Å². The predicted octanol–water partition coefficient (Wildman–Crippen LogP) is 2.74. The molecule has 0 aliphatic carbocycles. The van der Waals surface area contributed by atoms with Crippen molar-refractivity contribution in [1.29, 1.82) is 0 Å². The van der Waals surface area contributed by atoms with Crippen LogP contribution in [0.1, 0.15) is 52.4 Å². The summed E-state index contributed by atoms with van der Waals surface area (Å²) in [6.45, 7) is 3.83. The van der Waals surface area contributed by atoms with Crippen LogP contribution in [0, 0.1) is 0 Å². The third-order valence-corrected chi connectivity index (χ3v) is 2.47. The number of hydrogen-bond acceptors (Lipinski definition) is 2. The SMILES string of the molecule is C/C=C(/CC(O)CCCCCC)C(=O)O. The molecule has 15 heavy (non-hydrogen) atoms. The molecule has 3 heteroatoms. The average molecular weight is 214 g/mol. The largest absolute Gasteiger partial charge is 0.478 e. The van der Waals surface area contributed by atoms with E-state index in [1.807, 2.05) is 0 Å². The van der Waals surface area contributed by atoms with Gasteiger partial charge in [0.05, 0.1) is 6.10 Å². The summed E-state index contributed by atoms with van der Waals surface area (Å²) in [5, 5.41) is 18.3. The Labute approximate surface area is 91.8 Å². The van der Waals surface area contributed by atoms with Crippen molar-refractivity contribution in [3.63, 3.8) is 0 Å². The normalized spacial score (nSPS) is 13.9. The number of aliphatic hydroxyl groups excluding tert-OH is 1. The smallest absolute Gasteiger partial charge is 0.331 e. The van der Waals surface area contributed by atoms with Crippen molar-refractivity contribution in [2.45, 2.75) is 58.5 Å². The van der Waals surface area contributed by atoms with Crippen molar-refractivity contribution < 1.29 is 15.0 Å². The molecule has 0 aromatic rings. The third-order valence-electron chi connectivity index (χ3n) is 2.47. The van der Waals surface area contributed by atoms with Gasteiger partial charge in [0.25, 0.3) is 0 Å². The number of allylic oxidation sites excluding steroid dienone is 1. The van der Waals surface area contributed by atoms with Crippen LogP contribution in [0.3, 0.4) is 0 Å². The van der Waals surface area contributed by atoms with E-state index in [1.54, 1.807) is 13.0 Å². The Bertz CT molecular complexity index is 209. The van der Waals surface area contributed by atoms with Gasteiger partial charge < -0.3 is 10.2 Å². The average Bonchev–Trinajstić information content (AvgIpc) is 2.20. The molecule has 0 aliphatic heterocycles. The Morgan fingerprint density at radius 1 is 1.33 bits per heavy atom. The van der Waals surface area contributed by atoms with Crippen LogP contribution in [0.2, 0.25) is 0 Å². The zero-order valence-corrected chi connectivity index (χ0v) is 9.70. The molecule has 0 rings (SSSR count). The second-order valence-electron chi connectivity index (χ2n) is 3.83. The van der Waals surface area contributed by atoms with Crippen molar-refractivity contribution in [1.82, 2.24) is 0 Å². The Morgan fingerprint density at radius 3 is 2.47 bits per heavy atom. The van der Waals surface area contributed by atoms with Crippen molar-refractivity contribution in [2.24, 2.45) is 0 Å². The van der Waals surface area contributed by atoms with E-state index in [0.29, 0.717) is 12.0 Å². The van der Waals surface area contributed by atoms with Gasteiger partial charge in [0, 0.05) is 12.0 Å². The van der Waals surface area contributed by atoms with Gasteiger partial charge in [0.1, 0.15) is 0 Å². The lowest BCUT2D eigenvalue weighted by molar-refractivity contribution is -0.133. The zero-order chi connectivity index (χ0) is 11.7. The van der Waals surface area contributed by atoms with E-state index in [-0.39, 0.29) is 6.42 Å². The molecule has 0 heterocycles. The summed E-state index contributed by atoms with van der Waals surface area (Å²) in [6, 6.07) is 0. The predicted molar refractivity (Wildman–Crippen MR) is 60.8 cm³/mol. The summed E-state index contributed by atoms with van der Waals surface area (Å²) in [5.74, 6) is -0.926. The van der Waals surface area contributed by atoms with Gasteiger partial charge in [-0.1, -0.05) is 38.7 Å². The molecule has 0 saturated heterocycles. The molecule has 0 saturated carbocycles. The molecule has 3 nitrogen and oxygen atoms in total. The van der Waals surface area contributed by atoms with Gasteiger partial charge in [-0.3, -0.25) is 0 Å². The van der Waals surface area contributed by atoms with E-state index >= 15 is 0 Å². The van der Waals surface area contributed by atoms with E-state index in [1.165, 1.54) is 12.8 Å². The highest BCUT2D eigenvalue weighted by Crippen LogP contribution is 2.12. The molecule has 2 N–H and O–H groups in total. The number of carboxylic acid groups (broad SMARTS) is 1. The van der Waals surface area contributed by atoms with Crippen LogP contribution in [-0.2, 0) is 4.79 Å². The first-order valence-corrected chi connectivity index (χ1v) is 5.68. The molecule has 88 valence electrons. The first-order chi connectivity index (χ1) is 7.11. The van der Waals surface area contributed by atoms with Crippen molar-refractivity contribution >= 4 is 5.97 Å². The quantitative estimate of drug-likeness (QED) is 0.482. The molecule has 0 fully saturated rings. The summed E-state index contributed by atoms with van der Waals surface area (Å²) in [4.78, 5) is 10.7. The lowest BCUT2D eigenvalue weighted by atomic mass is 10.0. The maximum atomic E-state index is 10.7. The number of carbonyl (C=O) groups is 1. The molecular weight excluding hydrogens is 192 g/mol. The number of carboxylic acids is 1. The second kappa shape index (κ2) is 8.48. The molecule has 0 aliphatic rings. The number of unbranched alkanes of at least 4 members (excludes halogenated alkanes) is 3. The van der Waals surface area contributed by atoms with Gasteiger partial charge in [0.2, 0.25) is 0 Å². The minimum Gasteiger partial charge on any atom is -0.478 e. The van der Waals surface area contributed by atoms with Gasteiger partial charge in [0.15, 0.2) is 0 Å². The molecule has 0 amide bonds. The Morgan fingerprint density at radius 2 is 2.00 bits per heavy atom. The van der Waals surface area contributed by atoms with E-state index in [2.05, 4.69) is 6.92 Å². The van der Waals surface area contributed by atoms with Crippen LogP contribution >= 0.6 is 0 Å². The standard InChI is InChI=1S/C12H22O3/c1-3-5-6-7-8-11(13)9-10(4-2)12(14)15/h4,11,13H,3,5-9H2,1-2H3,(H,14,15)/b10-4-. The molecule has 1 unspecified atom stereocenters. The molecule has 0 aromatic heterocycles. The van der Waals surface area contributed by atoms with E-state index in [4.69, 9.17) is 5.11 Å². The maximum absolute atomic E-state index is 10.7. The summed E-state index contributed by atoms with van der Waals surface area (Å²) < 4.78 is 0. The topological polar surface area (TPSA) is 57.5 Å². The lowest BCUT2D eigenvalue weighted by Crippen LogP contribution is -2.12. The van der Waals surface area contributed by atoms with Crippen molar-refractivity contribution in [3.05, 3.63) is 11.6 Å². The highest BCUT2D eigenvalue weighted by Gasteiger charge is 2.12. The fraction of sp³-hybridized carbons (Fsp3) is 0.750. The van der Waals surface area contributed by atoms with E-state index in [9.17, 15) is 9.90 Å². The van der Waals surface area contributed by atoms with E-state index < -0.39 is 12.1 Å². The molecule has 0 bridgehead atoms. The van der Waals surface area contributed by atoms with Crippen molar-refractivity contribution in [3.8, 4) is 0 Å². The number of rotatable bonds is 8. The van der Waals surface area contributed by atoms with Gasteiger partial charge in [-0.15, -0.1) is 0 Å². The Kier molecular flexibility index (Phi) is 8.01. The van der Waals surface area contributed by atoms with Crippen LogP contribution < -0.4 is 0 Å². The van der Waals surface area contributed by atoms with Crippen LogP contribution in [0.15, 0.2) is 11.6 Å².